The van der Waals surface area contributed by atoms with Gasteiger partial charge in [-0.3, -0.25) is 9.48 Å². The van der Waals surface area contributed by atoms with Gasteiger partial charge in [-0.05, 0) is 44.1 Å². The zero-order valence-electron chi connectivity index (χ0n) is 16.4. The number of hydrogen-bond acceptors (Lipinski definition) is 4. The van der Waals surface area contributed by atoms with Crippen LogP contribution in [0.5, 0.6) is 0 Å². The summed E-state index contributed by atoms with van der Waals surface area (Å²) in [6.07, 6.45) is -1.87. The van der Waals surface area contributed by atoms with Gasteiger partial charge in [-0.25, -0.2) is 13.8 Å². The van der Waals surface area contributed by atoms with Gasteiger partial charge in [0, 0.05) is 31.3 Å². The normalized spacial score (nSPS) is 17.2. The molecule has 11 heteroatoms. The first kappa shape index (κ1) is 22.5. The molecular weight excluding hydrogens is 427 g/mol. The fraction of sp³-hybridized carbons (Fsp3) is 0.526. The standard InChI is InChI=1S/C19H21F5N4OS/c1-11-15(19(22,23)24)16(17(29)26-13-5-8-25-14(9-13)30-2)28(27-11)10-12-3-6-18(20,21)7-4-12/h5,8-9,12H,3-4,6-7,10H2,1-2H3,(H,25,26,29). The van der Waals surface area contributed by atoms with Gasteiger partial charge in [0.15, 0.2) is 0 Å². The predicted octanol–water partition coefficient (Wildman–Crippen LogP) is 5.41. The fourth-order valence-corrected chi connectivity index (χ4v) is 4.01. The van der Waals surface area contributed by atoms with E-state index >= 15 is 0 Å². The third kappa shape index (κ3) is 5.11. The zero-order valence-corrected chi connectivity index (χ0v) is 17.2. The molecule has 0 spiro atoms. The van der Waals surface area contributed by atoms with E-state index < -0.39 is 29.3 Å². The summed E-state index contributed by atoms with van der Waals surface area (Å²) in [6, 6.07) is 3.02. The third-order valence-electron chi connectivity index (χ3n) is 5.10. The summed E-state index contributed by atoms with van der Waals surface area (Å²) < 4.78 is 68.9. The van der Waals surface area contributed by atoms with E-state index in [2.05, 4.69) is 15.4 Å². The Morgan fingerprint density at radius 2 is 2.00 bits per heavy atom. The molecule has 30 heavy (non-hydrogen) atoms. The van der Waals surface area contributed by atoms with E-state index in [1.165, 1.54) is 30.9 Å². The van der Waals surface area contributed by atoms with Crippen LogP contribution in [-0.4, -0.2) is 32.8 Å². The molecule has 1 aliphatic rings. The van der Waals surface area contributed by atoms with Crippen LogP contribution < -0.4 is 5.32 Å². The van der Waals surface area contributed by atoms with Crippen LogP contribution in [0.3, 0.4) is 0 Å². The molecule has 2 heterocycles. The second kappa shape index (κ2) is 8.52. The van der Waals surface area contributed by atoms with Gasteiger partial charge in [-0.1, -0.05) is 0 Å². The molecule has 1 N–H and O–H groups in total. The van der Waals surface area contributed by atoms with E-state index in [9.17, 15) is 26.7 Å². The summed E-state index contributed by atoms with van der Waals surface area (Å²) in [7, 11) is 0. The van der Waals surface area contributed by atoms with Crippen molar-refractivity contribution in [3.63, 3.8) is 0 Å². The monoisotopic (exact) mass is 448 g/mol. The number of carbonyl (C=O) groups excluding carboxylic acids is 1. The number of amides is 1. The number of anilines is 1. The van der Waals surface area contributed by atoms with Crippen molar-refractivity contribution in [1.82, 2.24) is 14.8 Å². The van der Waals surface area contributed by atoms with E-state index in [0.717, 1.165) is 4.68 Å². The Morgan fingerprint density at radius 1 is 1.33 bits per heavy atom. The van der Waals surface area contributed by atoms with Crippen molar-refractivity contribution in [2.75, 3.05) is 11.6 Å². The number of alkyl halides is 5. The quantitative estimate of drug-likeness (QED) is 0.491. The molecule has 2 aromatic rings. The average Bonchev–Trinajstić information content (AvgIpc) is 3.00. The number of carbonyl (C=O) groups is 1. The number of thioether (sulfide) groups is 1. The molecule has 1 saturated carbocycles. The molecule has 5 nitrogen and oxygen atoms in total. The first-order valence-electron chi connectivity index (χ1n) is 9.34. The molecule has 0 atom stereocenters. The lowest BCUT2D eigenvalue weighted by Crippen LogP contribution is -2.29. The van der Waals surface area contributed by atoms with Crippen molar-refractivity contribution in [3.8, 4) is 0 Å². The van der Waals surface area contributed by atoms with Crippen LogP contribution >= 0.6 is 11.8 Å². The van der Waals surface area contributed by atoms with Crippen molar-refractivity contribution in [2.24, 2.45) is 5.92 Å². The maximum absolute atomic E-state index is 13.7. The molecule has 3 rings (SSSR count). The van der Waals surface area contributed by atoms with Gasteiger partial charge in [-0.15, -0.1) is 11.8 Å². The second-order valence-corrected chi connectivity index (χ2v) is 8.16. The smallest absolute Gasteiger partial charge is 0.321 e. The van der Waals surface area contributed by atoms with Gasteiger partial charge in [0.25, 0.3) is 5.91 Å². The van der Waals surface area contributed by atoms with E-state index in [1.54, 1.807) is 12.3 Å². The molecule has 2 aromatic heterocycles. The highest BCUT2D eigenvalue weighted by Gasteiger charge is 2.42. The maximum atomic E-state index is 13.7. The molecule has 1 amide bonds. The number of hydrogen-bond donors (Lipinski definition) is 1. The van der Waals surface area contributed by atoms with E-state index in [0.29, 0.717) is 10.7 Å². The Bertz CT molecular complexity index is 918. The summed E-state index contributed by atoms with van der Waals surface area (Å²) in [4.78, 5) is 16.9. The molecular formula is C19H21F5N4OS. The molecule has 0 radical (unpaired) electrons. The number of nitrogens with one attached hydrogen (secondary N) is 1. The predicted molar refractivity (Wildman–Crippen MR) is 103 cm³/mol. The minimum Gasteiger partial charge on any atom is -0.321 e. The molecule has 0 aromatic carbocycles. The molecule has 0 bridgehead atoms. The van der Waals surface area contributed by atoms with Gasteiger partial charge < -0.3 is 5.32 Å². The van der Waals surface area contributed by atoms with Crippen molar-refractivity contribution in [2.45, 2.75) is 56.3 Å². The Labute approximate surface area is 174 Å². The molecule has 0 aliphatic heterocycles. The van der Waals surface area contributed by atoms with Crippen LogP contribution in [0.4, 0.5) is 27.6 Å². The van der Waals surface area contributed by atoms with Crippen LogP contribution in [0.2, 0.25) is 0 Å². The number of pyridine rings is 1. The molecule has 1 fully saturated rings. The lowest BCUT2D eigenvalue weighted by atomic mass is 9.87. The van der Waals surface area contributed by atoms with Crippen molar-refractivity contribution in [3.05, 3.63) is 35.3 Å². The average molecular weight is 448 g/mol. The van der Waals surface area contributed by atoms with Crippen LogP contribution in [0.1, 0.15) is 47.4 Å². The van der Waals surface area contributed by atoms with E-state index in [-0.39, 0.29) is 43.8 Å². The van der Waals surface area contributed by atoms with Crippen molar-refractivity contribution in [1.29, 1.82) is 0 Å². The number of aromatic nitrogens is 3. The summed E-state index contributed by atoms with van der Waals surface area (Å²) in [6.45, 7) is 1.16. The van der Waals surface area contributed by atoms with Crippen LogP contribution in [0.25, 0.3) is 0 Å². The lowest BCUT2D eigenvalue weighted by Gasteiger charge is -2.28. The number of aryl methyl sites for hydroxylation is 1. The van der Waals surface area contributed by atoms with Gasteiger partial charge in [0.1, 0.15) is 11.3 Å². The summed E-state index contributed by atoms with van der Waals surface area (Å²) in [5.41, 5.74) is -1.75. The highest BCUT2D eigenvalue weighted by Crippen LogP contribution is 2.39. The minimum atomic E-state index is -4.78. The summed E-state index contributed by atoms with van der Waals surface area (Å²) in [5.74, 6) is -3.98. The molecule has 0 saturated heterocycles. The highest BCUT2D eigenvalue weighted by atomic mass is 32.2. The second-order valence-electron chi connectivity index (χ2n) is 7.33. The van der Waals surface area contributed by atoms with Crippen molar-refractivity contribution >= 4 is 23.4 Å². The Morgan fingerprint density at radius 3 is 2.60 bits per heavy atom. The number of rotatable bonds is 5. The third-order valence-corrected chi connectivity index (χ3v) is 5.74. The van der Waals surface area contributed by atoms with E-state index in [4.69, 9.17) is 0 Å². The largest absolute Gasteiger partial charge is 0.420 e. The topological polar surface area (TPSA) is 59.8 Å². The zero-order chi connectivity index (χ0) is 22.1. The Balaban J connectivity index is 1.91. The number of halogens is 5. The first-order valence-corrected chi connectivity index (χ1v) is 10.6. The first-order chi connectivity index (χ1) is 14.0. The fourth-order valence-electron chi connectivity index (χ4n) is 3.60. The van der Waals surface area contributed by atoms with Gasteiger partial charge in [0.2, 0.25) is 5.92 Å². The van der Waals surface area contributed by atoms with Crippen LogP contribution in [-0.2, 0) is 12.7 Å². The molecule has 164 valence electrons. The van der Waals surface area contributed by atoms with Crippen LogP contribution in [0, 0.1) is 12.8 Å². The highest BCUT2D eigenvalue weighted by molar-refractivity contribution is 7.98. The lowest BCUT2D eigenvalue weighted by molar-refractivity contribution is -0.138. The van der Waals surface area contributed by atoms with Crippen molar-refractivity contribution < 1.29 is 26.7 Å². The number of nitrogens with zero attached hydrogens (tertiary/aromatic N) is 3. The maximum Gasteiger partial charge on any atom is 0.420 e. The Hall–Kier alpha value is -2.17. The van der Waals surface area contributed by atoms with Crippen LogP contribution in [0.15, 0.2) is 23.4 Å². The summed E-state index contributed by atoms with van der Waals surface area (Å²) in [5, 5.41) is 7.01. The Kier molecular flexibility index (Phi) is 6.40. The van der Waals surface area contributed by atoms with Gasteiger partial charge in [-0.2, -0.15) is 18.3 Å². The van der Waals surface area contributed by atoms with E-state index in [1.807, 2.05) is 0 Å². The molecule has 1 aliphatic carbocycles. The summed E-state index contributed by atoms with van der Waals surface area (Å²) >= 11 is 1.32. The minimum absolute atomic E-state index is 0.0256. The SMILES string of the molecule is CSc1cc(NC(=O)c2c(C(F)(F)F)c(C)nn2CC2CCC(F)(F)CC2)ccn1. The van der Waals surface area contributed by atoms with Gasteiger partial charge in [0.05, 0.1) is 10.7 Å². The molecule has 0 unspecified atom stereocenters. The van der Waals surface area contributed by atoms with Gasteiger partial charge >= 0.3 is 6.18 Å².